The third-order valence-corrected chi connectivity index (χ3v) is 4.39. The van der Waals surface area contributed by atoms with E-state index in [4.69, 9.17) is 32.7 Å². The molecule has 142 valence electrons. The first-order valence-corrected chi connectivity index (χ1v) is 9.27. The Kier molecular flexibility index (Phi) is 6.53. The quantitative estimate of drug-likeness (QED) is 0.389. The van der Waals surface area contributed by atoms with Crippen LogP contribution in [0.2, 0.25) is 5.02 Å². The molecular weight excluding hydrogens is 392 g/mol. The van der Waals surface area contributed by atoms with Crippen molar-refractivity contribution in [3.63, 3.8) is 0 Å². The van der Waals surface area contributed by atoms with E-state index in [0.29, 0.717) is 45.7 Å². The SMILES string of the molecule is COc1cc2c(Nc3ccc(Cl)cc3F)ncnc2cc1OCCCCCl. The maximum Gasteiger partial charge on any atom is 0.163 e. The number of methoxy groups -OCH3 is 1. The van der Waals surface area contributed by atoms with E-state index in [1.165, 1.54) is 12.4 Å². The first-order chi connectivity index (χ1) is 13.1. The van der Waals surface area contributed by atoms with Gasteiger partial charge in [-0.05, 0) is 37.1 Å². The normalized spacial score (nSPS) is 10.8. The summed E-state index contributed by atoms with van der Waals surface area (Å²) in [6.07, 6.45) is 3.12. The molecule has 0 spiro atoms. The van der Waals surface area contributed by atoms with Gasteiger partial charge in [0.05, 0.1) is 24.9 Å². The van der Waals surface area contributed by atoms with Crippen LogP contribution in [0.25, 0.3) is 10.9 Å². The molecule has 0 fully saturated rings. The molecular formula is C19H18Cl2FN3O2. The molecule has 1 N–H and O–H groups in total. The largest absolute Gasteiger partial charge is 0.493 e. The Morgan fingerprint density at radius 3 is 2.70 bits per heavy atom. The number of unbranched alkanes of at least 4 members (excludes halogenated alkanes) is 1. The summed E-state index contributed by atoms with van der Waals surface area (Å²) in [4.78, 5) is 8.50. The van der Waals surface area contributed by atoms with Crippen LogP contribution in [0.5, 0.6) is 11.5 Å². The highest BCUT2D eigenvalue weighted by atomic mass is 35.5. The van der Waals surface area contributed by atoms with Gasteiger partial charge in [-0.2, -0.15) is 0 Å². The van der Waals surface area contributed by atoms with Crippen LogP contribution in [-0.4, -0.2) is 29.6 Å². The molecule has 0 saturated carbocycles. The molecule has 27 heavy (non-hydrogen) atoms. The molecule has 5 nitrogen and oxygen atoms in total. The molecule has 0 radical (unpaired) electrons. The van der Waals surface area contributed by atoms with Crippen molar-refractivity contribution in [3.8, 4) is 11.5 Å². The van der Waals surface area contributed by atoms with Crippen molar-refractivity contribution in [1.82, 2.24) is 9.97 Å². The topological polar surface area (TPSA) is 56.3 Å². The number of benzene rings is 2. The van der Waals surface area contributed by atoms with Gasteiger partial charge >= 0.3 is 0 Å². The summed E-state index contributed by atoms with van der Waals surface area (Å²) in [5.74, 6) is 1.71. The molecule has 0 bridgehead atoms. The number of nitrogens with zero attached hydrogens (tertiary/aromatic N) is 2. The first-order valence-electron chi connectivity index (χ1n) is 8.36. The number of hydrogen-bond acceptors (Lipinski definition) is 5. The lowest BCUT2D eigenvalue weighted by molar-refractivity contribution is 0.289. The zero-order chi connectivity index (χ0) is 19.2. The van der Waals surface area contributed by atoms with E-state index in [-0.39, 0.29) is 5.69 Å². The van der Waals surface area contributed by atoms with Crippen LogP contribution in [0, 0.1) is 5.82 Å². The monoisotopic (exact) mass is 409 g/mol. The van der Waals surface area contributed by atoms with E-state index in [9.17, 15) is 4.39 Å². The summed E-state index contributed by atoms with van der Waals surface area (Å²) >= 11 is 11.5. The van der Waals surface area contributed by atoms with E-state index in [1.54, 1.807) is 31.4 Å². The molecule has 0 amide bonds. The molecule has 2 aromatic carbocycles. The number of aromatic nitrogens is 2. The molecule has 0 saturated heterocycles. The van der Waals surface area contributed by atoms with Crippen molar-refractivity contribution in [1.29, 1.82) is 0 Å². The highest BCUT2D eigenvalue weighted by Crippen LogP contribution is 2.35. The fraction of sp³-hybridized carbons (Fsp3) is 0.263. The average molecular weight is 410 g/mol. The number of alkyl halides is 1. The first kappa shape index (κ1) is 19.5. The van der Waals surface area contributed by atoms with Gasteiger partial charge in [0.2, 0.25) is 0 Å². The van der Waals surface area contributed by atoms with Gasteiger partial charge in [-0.25, -0.2) is 14.4 Å². The molecule has 3 aromatic rings. The number of hydrogen-bond donors (Lipinski definition) is 1. The van der Waals surface area contributed by atoms with Gasteiger partial charge in [-0.15, -0.1) is 11.6 Å². The van der Waals surface area contributed by atoms with Crippen LogP contribution in [0.1, 0.15) is 12.8 Å². The van der Waals surface area contributed by atoms with E-state index < -0.39 is 5.82 Å². The van der Waals surface area contributed by atoms with Crippen LogP contribution in [0.4, 0.5) is 15.9 Å². The standard InChI is InChI=1S/C19H18Cl2FN3O2/c1-26-17-9-13-16(10-18(17)27-7-3-2-6-20)23-11-24-19(13)25-15-5-4-12(21)8-14(15)22/h4-5,8-11H,2-3,6-7H2,1H3,(H,23,24,25). The maximum absolute atomic E-state index is 14.1. The smallest absolute Gasteiger partial charge is 0.163 e. The summed E-state index contributed by atoms with van der Waals surface area (Å²) < 4.78 is 25.3. The zero-order valence-corrected chi connectivity index (χ0v) is 16.1. The number of fused-ring (bicyclic) bond motifs is 1. The molecule has 0 aliphatic heterocycles. The van der Waals surface area contributed by atoms with Gasteiger partial charge in [0.1, 0.15) is 18.0 Å². The lowest BCUT2D eigenvalue weighted by Crippen LogP contribution is -2.02. The fourth-order valence-corrected chi connectivity index (χ4v) is 2.88. The number of nitrogens with one attached hydrogen (secondary N) is 1. The van der Waals surface area contributed by atoms with Crippen molar-refractivity contribution in [3.05, 3.63) is 47.5 Å². The fourth-order valence-electron chi connectivity index (χ4n) is 2.53. The van der Waals surface area contributed by atoms with E-state index in [0.717, 1.165) is 12.8 Å². The van der Waals surface area contributed by atoms with Gasteiger partial charge in [-0.1, -0.05) is 11.6 Å². The number of anilines is 2. The van der Waals surface area contributed by atoms with Gasteiger partial charge in [-0.3, -0.25) is 0 Å². The zero-order valence-electron chi connectivity index (χ0n) is 14.6. The molecule has 1 aromatic heterocycles. The third-order valence-electron chi connectivity index (χ3n) is 3.89. The van der Waals surface area contributed by atoms with Gasteiger partial charge in [0.25, 0.3) is 0 Å². The van der Waals surface area contributed by atoms with Crippen molar-refractivity contribution < 1.29 is 13.9 Å². The minimum absolute atomic E-state index is 0.264. The molecule has 0 aliphatic carbocycles. The lowest BCUT2D eigenvalue weighted by atomic mass is 10.2. The minimum Gasteiger partial charge on any atom is -0.493 e. The average Bonchev–Trinajstić information content (AvgIpc) is 2.67. The van der Waals surface area contributed by atoms with Crippen LogP contribution in [-0.2, 0) is 0 Å². The Bertz CT molecular complexity index is 940. The van der Waals surface area contributed by atoms with Crippen LogP contribution in [0.3, 0.4) is 0 Å². The summed E-state index contributed by atoms with van der Waals surface area (Å²) in [7, 11) is 1.56. The van der Waals surface area contributed by atoms with Gasteiger partial charge < -0.3 is 14.8 Å². The second-order valence-corrected chi connectivity index (χ2v) is 6.55. The summed E-state index contributed by atoms with van der Waals surface area (Å²) in [5.41, 5.74) is 0.912. The van der Waals surface area contributed by atoms with E-state index >= 15 is 0 Å². The highest BCUT2D eigenvalue weighted by molar-refractivity contribution is 6.30. The van der Waals surface area contributed by atoms with Gasteiger partial charge in [0, 0.05) is 22.4 Å². The number of rotatable bonds is 8. The number of halogens is 3. The number of ether oxygens (including phenoxy) is 2. The van der Waals surface area contributed by atoms with Crippen LogP contribution in [0.15, 0.2) is 36.7 Å². The third kappa shape index (κ3) is 4.70. The summed E-state index contributed by atoms with van der Waals surface area (Å²) in [6, 6.07) is 7.93. The van der Waals surface area contributed by atoms with Crippen LogP contribution >= 0.6 is 23.2 Å². The van der Waals surface area contributed by atoms with Crippen molar-refractivity contribution >= 4 is 45.6 Å². The predicted molar refractivity (Wildman–Crippen MR) is 106 cm³/mol. The van der Waals surface area contributed by atoms with Crippen molar-refractivity contribution in [2.24, 2.45) is 0 Å². The predicted octanol–water partition coefficient (Wildman–Crippen LogP) is 5.57. The van der Waals surface area contributed by atoms with Crippen molar-refractivity contribution in [2.75, 3.05) is 24.9 Å². The van der Waals surface area contributed by atoms with E-state index in [2.05, 4.69) is 15.3 Å². The van der Waals surface area contributed by atoms with Gasteiger partial charge in [0.15, 0.2) is 11.5 Å². The highest BCUT2D eigenvalue weighted by Gasteiger charge is 2.13. The summed E-state index contributed by atoms with van der Waals surface area (Å²) in [6.45, 7) is 0.529. The van der Waals surface area contributed by atoms with Crippen molar-refractivity contribution in [2.45, 2.75) is 12.8 Å². The van der Waals surface area contributed by atoms with Crippen LogP contribution < -0.4 is 14.8 Å². The molecule has 0 unspecified atom stereocenters. The lowest BCUT2D eigenvalue weighted by Gasteiger charge is -2.14. The maximum atomic E-state index is 14.1. The molecule has 0 atom stereocenters. The molecule has 1 heterocycles. The molecule has 3 rings (SSSR count). The summed E-state index contributed by atoms with van der Waals surface area (Å²) in [5, 5.41) is 3.98. The second-order valence-electron chi connectivity index (χ2n) is 5.74. The Hall–Kier alpha value is -2.31. The van der Waals surface area contributed by atoms with E-state index in [1.807, 2.05) is 0 Å². The Morgan fingerprint density at radius 2 is 1.96 bits per heavy atom. The Labute approximate surface area is 166 Å². The molecule has 8 heteroatoms. The Balaban J connectivity index is 1.93. The minimum atomic E-state index is -0.472. The Morgan fingerprint density at radius 1 is 1.11 bits per heavy atom. The second kappa shape index (κ2) is 9.06. The molecule has 0 aliphatic rings.